The van der Waals surface area contributed by atoms with Crippen LogP contribution in [-0.4, -0.2) is 19.9 Å². The number of nitrogens with zero attached hydrogens (tertiary/aromatic N) is 5. The molecule has 1 unspecified atom stereocenters. The van der Waals surface area contributed by atoms with E-state index in [4.69, 9.17) is 24.7 Å². The number of aromatic nitrogens is 4. The van der Waals surface area contributed by atoms with Gasteiger partial charge in [0.1, 0.15) is 11.5 Å². The van der Waals surface area contributed by atoms with Crippen molar-refractivity contribution in [2.75, 3.05) is 4.90 Å². The summed E-state index contributed by atoms with van der Waals surface area (Å²) in [5, 5.41) is 0. The molecule has 4 aliphatic rings. The fourth-order valence-electron chi connectivity index (χ4n) is 10.6. The standard InChI is InChI=1S/C52H31N5O/c1-3-14-32(15-4-1)57(33-16-5-2-6-17-33)34-28-44-50(56-31-34)49-41(23-13-27-55-49)52(44)38-20-9-10-24-45(38)58-46-30-42-36(29-43(46)52)35-18-7-8-19-37(35)51(42)39-21-11-25-53-47(39)48-40(51)22-12-26-54-48/h1-31H. The van der Waals surface area contributed by atoms with Crippen LogP contribution in [0, 0.1) is 0 Å². The van der Waals surface area contributed by atoms with Crippen molar-refractivity contribution >= 4 is 17.1 Å². The molecular formula is C52H31N5O. The highest BCUT2D eigenvalue weighted by Gasteiger charge is 2.57. The number of rotatable bonds is 3. The van der Waals surface area contributed by atoms with Gasteiger partial charge in [-0.2, -0.15) is 0 Å². The van der Waals surface area contributed by atoms with Gasteiger partial charge in [-0.25, -0.2) is 0 Å². The first-order chi connectivity index (χ1) is 28.8. The van der Waals surface area contributed by atoms with E-state index in [2.05, 4.69) is 157 Å². The topological polar surface area (TPSA) is 64.0 Å². The fraction of sp³-hybridized carbons (Fsp3) is 0.0385. The first-order valence-electron chi connectivity index (χ1n) is 19.6. The zero-order valence-electron chi connectivity index (χ0n) is 31.0. The van der Waals surface area contributed by atoms with Crippen LogP contribution in [0.3, 0.4) is 0 Å². The molecular weight excluding hydrogens is 711 g/mol. The van der Waals surface area contributed by atoms with E-state index in [-0.39, 0.29) is 0 Å². The summed E-state index contributed by atoms with van der Waals surface area (Å²) in [5.41, 5.74) is 16.5. The van der Waals surface area contributed by atoms with E-state index < -0.39 is 10.8 Å². The predicted molar refractivity (Wildman–Crippen MR) is 226 cm³/mol. The third kappa shape index (κ3) is 3.82. The largest absolute Gasteiger partial charge is 0.457 e. The summed E-state index contributed by atoms with van der Waals surface area (Å²) in [6, 6.07) is 58.2. The van der Waals surface area contributed by atoms with Crippen LogP contribution < -0.4 is 9.64 Å². The Morgan fingerprint density at radius 1 is 0.345 bits per heavy atom. The summed E-state index contributed by atoms with van der Waals surface area (Å²) in [6.45, 7) is 0. The minimum Gasteiger partial charge on any atom is -0.457 e. The summed E-state index contributed by atoms with van der Waals surface area (Å²) >= 11 is 0. The molecule has 0 N–H and O–H groups in total. The van der Waals surface area contributed by atoms with Crippen molar-refractivity contribution in [3.63, 3.8) is 0 Å². The molecule has 2 spiro atoms. The Kier molecular flexibility index (Phi) is 6.21. The van der Waals surface area contributed by atoms with E-state index >= 15 is 0 Å². The van der Waals surface area contributed by atoms with Gasteiger partial charge in [0, 0.05) is 46.7 Å². The predicted octanol–water partition coefficient (Wildman–Crippen LogP) is 11.5. The average molecular weight is 742 g/mol. The molecule has 6 nitrogen and oxygen atoms in total. The molecule has 13 rings (SSSR count). The number of fused-ring (bicyclic) bond motifs is 19. The van der Waals surface area contributed by atoms with Crippen molar-refractivity contribution in [1.29, 1.82) is 0 Å². The van der Waals surface area contributed by atoms with Gasteiger partial charge in [-0.3, -0.25) is 19.9 Å². The summed E-state index contributed by atoms with van der Waals surface area (Å²) in [6.07, 6.45) is 7.61. The normalized spacial score (nSPS) is 16.3. The third-order valence-electron chi connectivity index (χ3n) is 12.7. The molecule has 270 valence electrons. The minimum atomic E-state index is -0.792. The Morgan fingerprint density at radius 3 is 1.50 bits per heavy atom. The zero-order chi connectivity index (χ0) is 38.0. The number of para-hydroxylation sites is 3. The second-order valence-electron chi connectivity index (χ2n) is 15.3. The molecule has 1 aliphatic heterocycles. The van der Waals surface area contributed by atoms with Gasteiger partial charge in [-0.05, 0) is 106 Å². The second kappa shape index (κ2) is 11.4. The van der Waals surface area contributed by atoms with E-state index in [1.54, 1.807) is 0 Å². The number of anilines is 3. The molecule has 0 fully saturated rings. The molecule has 1 atom stereocenters. The third-order valence-corrected chi connectivity index (χ3v) is 12.7. The summed E-state index contributed by atoms with van der Waals surface area (Å²) in [7, 11) is 0. The lowest BCUT2D eigenvalue weighted by atomic mass is 9.65. The monoisotopic (exact) mass is 741 g/mol. The van der Waals surface area contributed by atoms with Crippen molar-refractivity contribution in [2.45, 2.75) is 10.8 Å². The van der Waals surface area contributed by atoms with Gasteiger partial charge in [0.15, 0.2) is 0 Å². The Hall–Kier alpha value is -7.70. The van der Waals surface area contributed by atoms with Crippen molar-refractivity contribution in [3.05, 3.63) is 233 Å². The lowest BCUT2D eigenvalue weighted by Gasteiger charge is -2.40. The van der Waals surface area contributed by atoms with Crippen molar-refractivity contribution < 1.29 is 4.74 Å². The molecule has 0 amide bonds. The molecule has 0 saturated heterocycles. The minimum absolute atomic E-state index is 0.616. The van der Waals surface area contributed by atoms with Crippen LogP contribution in [0.1, 0.15) is 44.5 Å². The van der Waals surface area contributed by atoms with Gasteiger partial charge in [-0.1, -0.05) is 97.1 Å². The van der Waals surface area contributed by atoms with E-state index in [0.717, 1.165) is 84.7 Å². The molecule has 6 heteroatoms. The molecule has 9 aromatic rings. The quantitative estimate of drug-likeness (QED) is 0.180. The second-order valence-corrected chi connectivity index (χ2v) is 15.3. The number of pyridine rings is 4. The summed E-state index contributed by atoms with van der Waals surface area (Å²) < 4.78 is 7.13. The molecule has 3 aliphatic carbocycles. The highest BCUT2D eigenvalue weighted by Crippen LogP contribution is 2.67. The number of hydrogen-bond acceptors (Lipinski definition) is 6. The highest BCUT2D eigenvalue weighted by atomic mass is 16.5. The summed E-state index contributed by atoms with van der Waals surface area (Å²) in [4.78, 5) is 22.6. The maximum absolute atomic E-state index is 7.13. The van der Waals surface area contributed by atoms with Crippen LogP contribution in [0.25, 0.3) is 33.9 Å². The Balaban J connectivity index is 1.14. The number of benzene rings is 5. The average Bonchev–Trinajstić information content (AvgIpc) is 3.87. The first kappa shape index (κ1) is 31.5. The molecule has 5 aromatic carbocycles. The van der Waals surface area contributed by atoms with Gasteiger partial charge >= 0.3 is 0 Å². The van der Waals surface area contributed by atoms with Crippen LogP contribution in [0.5, 0.6) is 11.5 Å². The van der Waals surface area contributed by atoms with Crippen molar-refractivity contribution in [1.82, 2.24) is 19.9 Å². The summed E-state index contributed by atoms with van der Waals surface area (Å²) in [5.74, 6) is 1.62. The lowest BCUT2D eigenvalue weighted by Crippen LogP contribution is -2.33. The van der Waals surface area contributed by atoms with Crippen molar-refractivity contribution in [2.24, 2.45) is 0 Å². The molecule has 58 heavy (non-hydrogen) atoms. The smallest absolute Gasteiger partial charge is 0.132 e. The lowest BCUT2D eigenvalue weighted by molar-refractivity contribution is 0.435. The van der Waals surface area contributed by atoms with Gasteiger partial charge in [0.2, 0.25) is 0 Å². The highest BCUT2D eigenvalue weighted by molar-refractivity contribution is 5.95. The maximum atomic E-state index is 7.13. The van der Waals surface area contributed by atoms with Crippen LogP contribution >= 0.6 is 0 Å². The SMILES string of the molecule is c1ccc(N(c2ccccc2)c2cnc3c(c2)C2(c4ccccc4Oc4cc5c(cc42)-c2ccccc2C52c4cccnc4-c4ncccc42)c2cccnc2-3)cc1. The Bertz CT molecular complexity index is 3100. The van der Waals surface area contributed by atoms with E-state index in [0.29, 0.717) is 0 Å². The molecule has 0 saturated carbocycles. The Morgan fingerprint density at radius 2 is 0.862 bits per heavy atom. The molecule has 5 heterocycles. The van der Waals surface area contributed by atoms with E-state index in [9.17, 15) is 0 Å². The van der Waals surface area contributed by atoms with Gasteiger partial charge < -0.3 is 9.64 Å². The van der Waals surface area contributed by atoms with Crippen LogP contribution in [0.2, 0.25) is 0 Å². The van der Waals surface area contributed by atoms with Crippen LogP contribution in [0.15, 0.2) is 189 Å². The van der Waals surface area contributed by atoms with Gasteiger partial charge in [0.25, 0.3) is 0 Å². The van der Waals surface area contributed by atoms with E-state index in [1.165, 1.54) is 22.3 Å². The fourth-order valence-corrected chi connectivity index (χ4v) is 10.6. The molecule has 0 radical (unpaired) electrons. The zero-order valence-corrected chi connectivity index (χ0v) is 31.0. The number of hydrogen-bond donors (Lipinski definition) is 0. The van der Waals surface area contributed by atoms with Gasteiger partial charge in [-0.15, -0.1) is 0 Å². The van der Waals surface area contributed by atoms with Crippen molar-refractivity contribution in [3.8, 4) is 45.4 Å². The first-order valence-corrected chi connectivity index (χ1v) is 19.6. The van der Waals surface area contributed by atoms with Crippen LogP contribution in [-0.2, 0) is 10.8 Å². The number of ether oxygens (including phenoxy) is 1. The Labute approximate surface area is 334 Å². The molecule has 0 bridgehead atoms. The van der Waals surface area contributed by atoms with Gasteiger partial charge in [0.05, 0.1) is 45.5 Å². The van der Waals surface area contributed by atoms with Crippen LogP contribution in [0.4, 0.5) is 17.1 Å². The maximum Gasteiger partial charge on any atom is 0.132 e. The molecule has 4 aromatic heterocycles. The van der Waals surface area contributed by atoms with E-state index in [1.807, 2.05) is 36.9 Å².